The lowest BCUT2D eigenvalue weighted by Crippen LogP contribution is -2.27. The van der Waals surface area contributed by atoms with Crippen LogP contribution in [0.15, 0.2) is 12.5 Å². The van der Waals surface area contributed by atoms with Gasteiger partial charge in [0.25, 0.3) is 0 Å². The number of rotatable bonds is 8. The quantitative estimate of drug-likeness (QED) is 0.351. The lowest BCUT2D eigenvalue weighted by molar-refractivity contribution is 0.0672. The number of nitrogens with one attached hydrogen (secondary N) is 2. The number of carbonyl (C=O) groups excluding carboxylic acids is 1. The lowest BCUT2D eigenvalue weighted by Gasteiger charge is -2.06. The SMILES string of the molecule is CCOC(=O)NCOCCO/C=C\NC. The Kier molecular flexibility index (Phi) is 9.63. The molecule has 0 aromatic carbocycles. The van der Waals surface area contributed by atoms with Gasteiger partial charge in [0.05, 0.1) is 19.5 Å². The molecule has 0 radical (unpaired) electrons. The van der Waals surface area contributed by atoms with Crippen molar-refractivity contribution in [3.63, 3.8) is 0 Å². The van der Waals surface area contributed by atoms with Crippen LogP contribution in [-0.4, -0.2) is 39.7 Å². The predicted molar refractivity (Wildman–Crippen MR) is 55.1 cm³/mol. The third kappa shape index (κ3) is 10.5. The van der Waals surface area contributed by atoms with Crippen molar-refractivity contribution in [1.29, 1.82) is 0 Å². The molecular weight excluding hydrogens is 200 g/mol. The molecule has 15 heavy (non-hydrogen) atoms. The van der Waals surface area contributed by atoms with E-state index in [2.05, 4.69) is 15.4 Å². The molecule has 0 atom stereocenters. The highest BCUT2D eigenvalue weighted by molar-refractivity contribution is 5.66. The summed E-state index contributed by atoms with van der Waals surface area (Å²) in [6, 6.07) is 0. The Hall–Kier alpha value is -1.43. The van der Waals surface area contributed by atoms with Crippen LogP contribution >= 0.6 is 0 Å². The summed E-state index contributed by atoms with van der Waals surface area (Å²) >= 11 is 0. The molecule has 0 aliphatic heterocycles. The molecule has 6 heteroatoms. The molecule has 0 aromatic heterocycles. The second-order valence-electron chi connectivity index (χ2n) is 2.41. The first kappa shape index (κ1) is 13.6. The van der Waals surface area contributed by atoms with E-state index in [9.17, 15) is 4.79 Å². The number of hydrogen-bond acceptors (Lipinski definition) is 5. The van der Waals surface area contributed by atoms with Crippen molar-refractivity contribution in [3.05, 3.63) is 12.5 Å². The Balaban J connectivity index is 3.11. The molecule has 6 nitrogen and oxygen atoms in total. The minimum absolute atomic E-state index is 0.123. The Bertz CT molecular complexity index is 185. The molecule has 88 valence electrons. The third-order valence-corrected chi connectivity index (χ3v) is 1.27. The van der Waals surface area contributed by atoms with E-state index in [0.29, 0.717) is 19.8 Å². The summed E-state index contributed by atoms with van der Waals surface area (Å²) in [7, 11) is 1.78. The van der Waals surface area contributed by atoms with Crippen molar-refractivity contribution in [3.8, 4) is 0 Å². The zero-order chi connectivity index (χ0) is 11.4. The van der Waals surface area contributed by atoms with Crippen LogP contribution in [0, 0.1) is 0 Å². The smallest absolute Gasteiger partial charge is 0.408 e. The molecule has 0 heterocycles. The van der Waals surface area contributed by atoms with Gasteiger partial charge in [0.15, 0.2) is 0 Å². The minimum Gasteiger partial charge on any atom is -0.497 e. The summed E-state index contributed by atoms with van der Waals surface area (Å²) in [6.07, 6.45) is 2.72. The second kappa shape index (κ2) is 10.6. The number of amides is 1. The number of carbonyl (C=O) groups is 1. The molecular formula is C9H18N2O4. The van der Waals surface area contributed by atoms with E-state index in [-0.39, 0.29) is 6.73 Å². The lowest BCUT2D eigenvalue weighted by atomic mass is 10.8. The van der Waals surface area contributed by atoms with Crippen LogP contribution in [0.5, 0.6) is 0 Å². The van der Waals surface area contributed by atoms with Crippen LogP contribution in [-0.2, 0) is 14.2 Å². The van der Waals surface area contributed by atoms with Crippen LogP contribution in [0.25, 0.3) is 0 Å². The summed E-state index contributed by atoms with van der Waals surface area (Å²) in [5.41, 5.74) is 0. The maximum absolute atomic E-state index is 10.8. The predicted octanol–water partition coefficient (Wildman–Crippen LogP) is 0.414. The van der Waals surface area contributed by atoms with Crippen LogP contribution in [0.4, 0.5) is 4.79 Å². The summed E-state index contributed by atoms with van der Waals surface area (Å²) < 4.78 is 14.7. The molecule has 2 N–H and O–H groups in total. The zero-order valence-electron chi connectivity index (χ0n) is 9.12. The monoisotopic (exact) mass is 218 g/mol. The summed E-state index contributed by atoms with van der Waals surface area (Å²) in [5, 5.41) is 5.20. The Morgan fingerprint density at radius 2 is 2.20 bits per heavy atom. The van der Waals surface area contributed by atoms with Gasteiger partial charge >= 0.3 is 6.09 Å². The summed E-state index contributed by atoms with van der Waals surface area (Å²) in [4.78, 5) is 10.8. The molecule has 0 fully saturated rings. The van der Waals surface area contributed by atoms with Crippen molar-refractivity contribution in [2.75, 3.05) is 33.6 Å². The molecule has 0 bridgehead atoms. The molecule has 0 aromatic rings. The molecule has 1 amide bonds. The van der Waals surface area contributed by atoms with Gasteiger partial charge in [-0.25, -0.2) is 4.79 Å². The average Bonchev–Trinajstić information content (AvgIpc) is 2.22. The van der Waals surface area contributed by atoms with E-state index in [1.165, 1.54) is 6.26 Å². The van der Waals surface area contributed by atoms with Crippen molar-refractivity contribution >= 4 is 6.09 Å². The van der Waals surface area contributed by atoms with Gasteiger partial charge in [-0.2, -0.15) is 0 Å². The largest absolute Gasteiger partial charge is 0.497 e. The van der Waals surface area contributed by atoms with Gasteiger partial charge in [-0.05, 0) is 6.92 Å². The standard InChI is InChI=1S/C9H18N2O4/c1-3-15-9(12)11-8-14-7-6-13-5-4-10-2/h4-5,10H,3,6-8H2,1-2H3,(H,11,12)/b5-4-. The molecule has 0 spiro atoms. The van der Waals surface area contributed by atoms with E-state index >= 15 is 0 Å². The third-order valence-electron chi connectivity index (χ3n) is 1.27. The molecule has 0 saturated heterocycles. The van der Waals surface area contributed by atoms with E-state index in [0.717, 1.165) is 0 Å². The highest BCUT2D eigenvalue weighted by atomic mass is 16.6. The molecule has 0 aliphatic carbocycles. The minimum atomic E-state index is -0.478. The van der Waals surface area contributed by atoms with Crippen molar-refractivity contribution in [1.82, 2.24) is 10.6 Å². The molecule has 0 saturated carbocycles. The maximum Gasteiger partial charge on any atom is 0.408 e. The van der Waals surface area contributed by atoms with Gasteiger partial charge in [0, 0.05) is 13.2 Å². The number of alkyl carbamates (subject to hydrolysis) is 1. The average molecular weight is 218 g/mol. The second-order valence-corrected chi connectivity index (χ2v) is 2.41. The van der Waals surface area contributed by atoms with Gasteiger partial charge < -0.3 is 19.5 Å². The van der Waals surface area contributed by atoms with Gasteiger partial charge in [-0.3, -0.25) is 5.32 Å². The molecule has 0 aliphatic rings. The van der Waals surface area contributed by atoms with Crippen molar-refractivity contribution in [2.45, 2.75) is 6.92 Å². The van der Waals surface area contributed by atoms with E-state index in [1.807, 2.05) is 0 Å². The van der Waals surface area contributed by atoms with Crippen LogP contribution in [0.1, 0.15) is 6.92 Å². The van der Waals surface area contributed by atoms with E-state index < -0.39 is 6.09 Å². The van der Waals surface area contributed by atoms with E-state index in [4.69, 9.17) is 9.47 Å². The van der Waals surface area contributed by atoms with Crippen LogP contribution < -0.4 is 10.6 Å². The fourth-order valence-electron chi connectivity index (χ4n) is 0.655. The van der Waals surface area contributed by atoms with Gasteiger partial charge in [0.2, 0.25) is 0 Å². The Morgan fingerprint density at radius 3 is 2.87 bits per heavy atom. The fraction of sp³-hybridized carbons (Fsp3) is 0.667. The Morgan fingerprint density at radius 1 is 1.40 bits per heavy atom. The topological polar surface area (TPSA) is 68.8 Å². The van der Waals surface area contributed by atoms with Crippen LogP contribution in [0.3, 0.4) is 0 Å². The first-order chi connectivity index (χ1) is 7.31. The molecule has 0 rings (SSSR count). The van der Waals surface area contributed by atoms with E-state index in [1.54, 1.807) is 20.2 Å². The van der Waals surface area contributed by atoms with Crippen molar-refractivity contribution < 1.29 is 19.0 Å². The van der Waals surface area contributed by atoms with Crippen LogP contribution in [0.2, 0.25) is 0 Å². The molecule has 0 unspecified atom stereocenters. The highest BCUT2D eigenvalue weighted by Crippen LogP contribution is 1.80. The zero-order valence-corrected chi connectivity index (χ0v) is 9.12. The van der Waals surface area contributed by atoms with Gasteiger partial charge in [-0.15, -0.1) is 0 Å². The maximum atomic E-state index is 10.8. The normalized spacial score (nSPS) is 10.0. The summed E-state index contributed by atoms with van der Waals surface area (Å²) in [6.45, 7) is 3.05. The van der Waals surface area contributed by atoms with Crippen molar-refractivity contribution in [2.24, 2.45) is 0 Å². The first-order valence-corrected chi connectivity index (χ1v) is 4.73. The Labute approximate surface area is 89.6 Å². The van der Waals surface area contributed by atoms with Gasteiger partial charge in [0.1, 0.15) is 13.3 Å². The highest BCUT2D eigenvalue weighted by Gasteiger charge is 1.97. The summed E-state index contributed by atoms with van der Waals surface area (Å²) in [5.74, 6) is 0. The first-order valence-electron chi connectivity index (χ1n) is 4.73. The fourth-order valence-corrected chi connectivity index (χ4v) is 0.655. The van der Waals surface area contributed by atoms with Gasteiger partial charge in [-0.1, -0.05) is 0 Å². The number of hydrogen-bond donors (Lipinski definition) is 2. The number of ether oxygens (including phenoxy) is 3.